The first kappa shape index (κ1) is 15.9. The van der Waals surface area contributed by atoms with Crippen LogP contribution in [-0.2, 0) is 4.74 Å². The van der Waals surface area contributed by atoms with Crippen molar-refractivity contribution in [2.75, 3.05) is 13.1 Å². The normalized spacial score (nSPS) is 21.1. The molecule has 1 fully saturated rings. The van der Waals surface area contributed by atoms with Crippen LogP contribution in [0.3, 0.4) is 0 Å². The third kappa shape index (κ3) is 3.59. The summed E-state index contributed by atoms with van der Waals surface area (Å²) in [5, 5.41) is 11.0. The van der Waals surface area contributed by atoms with E-state index in [9.17, 15) is 14.9 Å². The first-order valence-corrected chi connectivity index (χ1v) is 7.40. The van der Waals surface area contributed by atoms with Crippen LogP contribution in [0.2, 0.25) is 0 Å². The van der Waals surface area contributed by atoms with Gasteiger partial charge in [-0.15, -0.1) is 0 Å². The van der Waals surface area contributed by atoms with E-state index in [-0.39, 0.29) is 17.7 Å². The SMILES string of the molecule is CC1CN(C(=O)c2ccc(Br)c([N+](=O)[O-])c2)CC(C)(C)O1. The van der Waals surface area contributed by atoms with Gasteiger partial charge < -0.3 is 9.64 Å². The average Bonchev–Trinajstić information content (AvgIpc) is 2.35. The van der Waals surface area contributed by atoms with Crippen molar-refractivity contribution < 1.29 is 14.5 Å². The molecule has 2 rings (SSSR count). The fourth-order valence-electron chi connectivity index (χ4n) is 2.58. The van der Waals surface area contributed by atoms with E-state index in [1.54, 1.807) is 11.0 Å². The molecule has 1 aliphatic rings. The lowest BCUT2D eigenvalue weighted by Crippen LogP contribution is -2.53. The number of carbonyl (C=O) groups is 1. The van der Waals surface area contributed by atoms with Crippen LogP contribution in [0.5, 0.6) is 0 Å². The minimum absolute atomic E-state index is 0.0665. The zero-order valence-electron chi connectivity index (χ0n) is 12.1. The number of morpholine rings is 1. The summed E-state index contributed by atoms with van der Waals surface area (Å²) in [7, 11) is 0. The van der Waals surface area contributed by atoms with E-state index in [1.807, 2.05) is 20.8 Å². The molecule has 1 aromatic rings. The van der Waals surface area contributed by atoms with Gasteiger partial charge in [0.25, 0.3) is 11.6 Å². The van der Waals surface area contributed by atoms with E-state index >= 15 is 0 Å². The highest BCUT2D eigenvalue weighted by Gasteiger charge is 2.34. The van der Waals surface area contributed by atoms with Gasteiger partial charge in [0.2, 0.25) is 0 Å². The van der Waals surface area contributed by atoms with Gasteiger partial charge in [-0.2, -0.15) is 0 Å². The molecule has 7 heteroatoms. The van der Waals surface area contributed by atoms with Crippen LogP contribution in [0.1, 0.15) is 31.1 Å². The number of ether oxygens (including phenoxy) is 1. The Morgan fingerprint density at radius 2 is 2.19 bits per heavy atom. The van der Waals surface area contributed by atoms with Crippen LogP contribution < -0.4 is 0 Å². The van der Waals surface area contributed by atoms with Crippen LogP contribution in [0.25, 0.3) is 0 Å². The summed E-state index contributed by atoms with van der Waals surface area (Å²) in [6, 6.07) is 4.42. The van der Waals surface area contributed by atoms with E-state index in [1.165, 1.54) is 12.1 Å². The van der Waals surface area contributed by atoms with Gasteiger partial charge in [0, 0.05) is 24.7 Å². The van der Waals surface area contributed by atoms with Crippen molar-refractivity contribution in [2.45, 2.75) is 32.5 Å². The molecule has 0 spiro atoms. The topological polar surface area (TPSA) is 72.7 Å². The molecule has 1 aromatic carbocycles. The third-order valence-electron chi connectivity index (χ3n) is 3.25. The third-order valence-corrected chi connectivity index (χ3v) is 3.92. The largest absolute Gasteiger partial charge is 0.369 e. The van der Waals surface area contributed by atoms with Crippen molar-refractivity contribution in [3.8, 4) is 0 Å². The number of nitrogens with zero attached hydrogens (tertiary/aromatic N) is 2. The smallest absolute Gasteiger partial charge is 0.284 e. The Hall–Kier alpha value is -1.47. The highest BCUT2D eigenvalue weighted by atomic mass is 79.9. The van der Waals surface area contributed by atoms with E-state index in [4.69, 9.17) is 4.74 Å². The van der Waals surface area contributed by atoms with E-state index in [0.29, 0.717) is 23.1 Å². The molecular weight excluding hydrogens is 340 g/mol. The van der Waals surface area contributed by atoms with Crippen molar-refractivity contribution in [1.82, 2.24) is 4.90 Å². The highest BCUT2D eigenvalue weighted by Crippen LogP contribution is 2.27. The first-order chi connectivity index (χ1) is 9.69. The van der Waals surface area contributed by atoms with Crippen molar-refractivity contribution >= 4 is 27.5 Å². The van der Waals surface area contributed by atoms with Crippen LogP contribution in [-0.4, -0.2) is 40.5 Å². The zero-order valence-corrected chi connectivity index (χ0v) is 13.7. The number of hydrogen-bond donors (Lipinski definition) is 0. The fraction of sp³-hybridized carbons (Fsp3) is 0.500. The van der Waals surface area contributed by atoms with Gasteiger partial charge in [-0.3, -0.25) is 14.9 Å². The number of hydrogen-bond acceptors (Lipinski definition) is 4. The number of halogens is 1. The molecule has 0 N–H and O–H groups in total. The molecule has 21 heavy (non-hydrogen) atoms. The summed E-state index contributed by atoms with van der Waals surface area (Å²) >= 11 is 3.12. The maximum Gasteiger partial charge on any atom is 0.284 e. The van der Waals surface area contributed by atoms with Crippen molar-refractivity contribution in [2.24, 2.45) is 0 Å². The second-order valence-electron chi connectivity index (χ2n) is 5.80. The second-order valence-corrected chi connectivity index (χ2v) is 6.65. The highest BCUT2D eigenvalue weighted by molar-refractivity contribution is 9.10. The van der Waals surface area contributed by atoms with Gasteiger partial charge in [0.1, 0.15) is 0 Å². The molecule has 1 heterocycles. The zero-order chi connectivity index (χ0) is 15.8. The summed E-state index contributed by atoms with van der Waals surface area (Å²) in [4.78, 5) is 24.7. The number of nitro groups is 1. The van der Waals surface area contributed by atoms with Gasteiger partial charge >= 0.3 is 0 Å². The first-order valence-electron chi connectivity index (χ1n) is 6.60. The van der Waals surface area contributed by atoms with Crippen LogP contribution in [0.4, 0.5) is 5.69 Å². The lowest BCUT2D eigenvalue weighted by atomic mass is 10.0. The predicted molar refractivity (Wildman–Crippen MR) is 81.3 cm³/mol. The quantitative estimate of drug-likeness (QED) is 0.603. The molecule has 1 saturated heterocycles. The molecule has 1 aliphatic heterocycles. The average molecular weight is 357 g/mol. The Morgan fingerprint density at radius 3 is 2.76 bits per heavy atom. The maximum atomic E-state index is 12.6. The van der Waals surface area contributed by atoms with E-state index < -0.39 is 10.5 Å². The summed E-state index contributed by atoms with van der Waals surface area (Å²) < 4.78 is 6.12. The molecular formula is C14H17BrN2O4. The van der Waals surface area contributed by atoms with Crippen LogP contribution in [0, 0.1) is 10.1 Å². The Labute approximate surface area is 131 Å². The lowest BCUT2D eigenvalue weighted by molar-refractivity contribution is -0.385. The maximum absolute atomic E-state index is 12.6. The summed E-state index contributed by atoms with van der Waals surface area (Å²) in [5.41, 5.74) is -0.217. The number of rotatable bonds is 2. The molecule has 1 atom stereocenters. The van der Waals surface area contributed by atoms with Gasteiger partial charge in [-0.25, -0.2) is 0 Å². The second kappa shape index (κ2) is 5.73. The Balaban J connectivity index is 2.28. The van der Waals surface area contributed by atoms with E-state index in [2.05, 4.69) is 15.9 Å². The molecule has 1 amide bonds. The molecule has 0 aliphatic carbocycles. The monoisotopic (exact) mass is 356 g/mol. The standard InChI is InChI=1S/C14H17BrN2O4/c1-9-7-16(8-14(2,3)21-9)13(18)10-4-5-11(15)12(6-10)17(19)20/h4-6,9H,7-8H2,1-3H3. The number of carbonyl (C=O) groups excluding carboxylic acids is 1. The minimum Gasteiger partial charge on any atom is -0.369 e. The van der Waals surface area contributed by atoms with Crippen molar-refractivity contribution in [1.29, 1.82) is 0 Å². The number of amides is 1. The van der Waals surface area contributed by atoms with E-state index in [0.717, 1.165) is 0 Å². The fourth-order valence-corrected chi connectivity index (χ4v) is 2.97. The summed E-state index contributed by atoms with van der Waals surface area (Å²) in [5.74, 6) is -0.214. The number of nitro benzene ring substituents is 1. The number of benzene rings is 1. The lowest BCUT2D eigenvalue weighted by Gasteiger charge is -2.41. The van der Waals surface area contributed by atoms with Crippen molar-refractivity contribution in [3.63, 3.8) is 0 Å². The van der Waals surface area contributed by atoms with Gasteiger partial charge in [-0.1, -0.05) is 0 Å². The predicted octanol–water partition coefficient (Wildman–Crippen LogP) is 3.00. The molecule has 114 valence electrons. The molecule has 0 aromatic heterocycles. The van der Waals surface area contributed by atoms with Gasteiger partial charge in [0.05, 0.1) is 21.1 Å². The molecule has 1 unspecified atom stereocenters. The van der Waals surface area contributed by atoms with Crippen LogP contribution >= 0.6 is 15.9 Å². The van der Waals surface area contributed by atoms with Gasteiger partial charge in [-0.05, 0) is 48.8 Å². The molecule has 0 bridgehead atoms. The minimum atomic E-state index is -0.507. The molecule has 0 radical (unpaired) electrons. The molecule has 6 nitrogen and oxygen atoms in total. The Morgan fingerprint density at radius 1 is 1.52 bits per heavy atom. The van der Waals surface area contributed by atoms with Crippen LogP contribution in [0.15, 0.2) is 22.7 Å². The summed E-state index contributed by atoms with van der Waals surface area (Å²) in [6.07, 6.45) is -0.0665. The Kier molecular flexibility index (Phi) is 4.34. The Bertz CT molecular complexity index is 588. The summed E-state index contributed by atoms with van der Waals surface area (Å²) in [6.45, 7) is 6.69. The van der Waals surface area contributed by atoms with Gasteiger partial charge in [0.15, 0.2) is 0 Å². The van der Waals surface area contributed by atoms with Crippen molar-refractivity contribution in [3.05, 3.63) is 38.3 Å². The molecule has 0 saturated carbocycles.